The van der Waals surface area contributed by atoms with Crippen LogP contribution in [0.15, 0.2) is 53.6 Å². The van der Waals surface area contributed by atoms with Crippen LogP contribution in [0.5, 0.6) is 0 Å². The molecule has 3 aromatic rings. The van der Waals surface area contributed by atoms with E-state index in [1.54, 1.807) is 7.05 Å². The molecule has 1 aliphatic rings. The zero-order valence-corrected chi connectivity index (χ0v) is 21.6. The smallest absolute Gasteiger partial charge is 0.255 e. The fraction of sp³-hybridized carbons (Fsp3) is 0.393. The number of nitrogens with one attached hydrogen (secondary N) is 3. The van der Waals surface area contributed by atoms with E-state index >= 15 is 0 Å². The Morgan fingerprint density at radius 1 is 1.24 bits per heavy atom. The van der Waals surface area contributed by atoms with E-state index in [4.69, 9.17) is 10.8 Å². The van der Waals surface area contributed by atoms with Gasteiger partial charge in [0, 0.05) is 62.0 Å². The Morgan fingerprint density at radius 3 is 2.70 bits per heavy atom. The van der Waals surface area contributed by atoms with E-state index < -0.39 is 5.82 Å². The van der Waals surface area contributed by atoms with Crippen molar-refractivity contribution in [3.63, 3.8) is 0 Å². The maximum Gasteiger partial charge on any atom is 0.255 e. The minimum Gasteiger partial charge on any atom is -0.339 e. The van der Waals surface area contributed by atoms with E-state index in [1.807, 2.05) is 36.1 Å². The summed E-state index contributed by atoms with van der Waals surface area (Å²) >= 11 is 0. The molecule has 9 heteroatoms. The second-order valence-electron chi connectivity index (χ2n) is 9.63. The highest BCUT2D eigenvalue weighted by atomic mass is 19.1. The Hall–Kier alpha value is -3.72. The third-order valence-electron chi connectivity index (χ3n) is 6.90. The minimum absolute atomic E-state index is 0.00635. The molecule has 1 aliphatic heterocycles. The number of halogens is 1. The summed E-state index contributed by atoms with van der Waals surface area (Å²) in [5, 5.41) is 20.2. The maximum atomic E-state index is 14.3. The molecule has 0 saturated carbocycles. The Bertz CT molecular complexity index is 1340. The van der Waals surface area contributed by atoms with Crippen LogP contribution in [0, 0.1) is 22.6 Å². The van der Waals surface area contributed by atoms with Gasteiger partial charge in [0.15, 0.2) is 5.82 Å². The van der Waals surface area contributed by atoms with Crippen molar-refractivity contribution in [2.24, 2.45) is 13.0 Å². The molecule has 0 radical (unpaired) electrons. The lowest BCUT2D eigenvalue weighted by atomic mass is 9.92. The summed E-state index contributed by atoms with van der Waals surface area (Å²) in [7, 11) is 1.68. The highest BCUT2D eigenvalue weighted by Gasteiger charge is 2.25. The van der Waals surface area contributed by atoms with Gasteiger partial charge < -0.3 is 21.0 Å². The van der Waals surface area contributed by atoms with Gasteiger partial charge in [0.2, 0.25) is 5.95 Å². The van der Waals surface area contributed by atoms with Gasteiger partial charge in [0.1, 0.15) is 0 Å². The standard InChI is InChI=1S/C28H34FN7O/c1-4-5-23(30)18(2)14-24(31)19-6-8-20(9-7-19)26-17-36(13-12-33-26)28-34-25(15-27(37)35(28)3)21-10-11-32-16-22(21)29/h6-11,15-16,18,26,30-31,33H,4-5,12-14,17H2,1-3H3/t18-,26+/m0/s1. The average Bonchev–Trinajstić information content (AvgIpc) is 2.90. The summed E-state index contributed by atoms with van der Waals surface area (Å²) in [6.45, 7) is 6.02. The number of anilines is 1. The van der Waals surface area contributed by atoms with Gasteiger partial charge in [-0.15, -0.1) is 0 Å². The quantitative estimate of drug-likeness (QED) is 0.376. The van der Waals surface area contributed by atoms with Crippen LogP contribution >= 0.6 is 0 Å². The molecule has 3 N–H and O–H groups in total. The first-order valence-corrected chi connectivity index (χ1v) is 12.7. The van der Waals surface area contributed by atoms with Gasteiger partial charge in [-0.2, -0.15) is 0 Å². The molecule has 1 saturated heterocycles. The van der Waals surface area contributed by atoms with Crippen molar-refractivity contribution < 1.29 is 4.39 Å². The molecule has 37 heavy (non-hydrogen) atoms. The molecule has 1 aromatic carbocycles. The van der Waals surface area contributed by atoms with Crippen molar-refractivity contribution in [2.75, 3.05) is 24.5 Å². The van der Waals surface area contributed by atoms with E-state index in [9.17, 15) is 9.18 Å². The summed E-state index contributed by atoms with van der Waals surface area (Å²) in [4.78, 5) is 23.2. The second-order valence-corrected chi connectivity index (χ2v) is 9.63. The summed E-state index contributed by atoms with van der Waals surface area (Å²) in [6, 6.07) is 10.9. The summed E-state index contributed by atoms with van der Waals surface area (Å²) in [5.74, 6) is 0.0398. The summed E-state index contributed by atoms with van der Waals surface area (Å²) in [5.41, 5.74) is 3.47. The molecule has 0 aliphatic carbocycles. The highest BCUT2D eigenvalue weighted by Crippen LogP contribution is 2.25. The average molecular weight is 504 g/mol. The number of aromatic nitrogens is 3. The van der Waals surface area contributed by atoms with Gasteiger partial charge in [-0.25, -0.2) is 9.37 Å². The molecule has 194 valence electrons. The highest BCUT2D eigenvalue weighted by molar-refractivity contribution is 6.01. The Kier molecular flexibility index (Phi) is 8.23. The lowest BCUT2D eigenvalue weighted by molar-refractivity contribution is 0.462. The van der Waals surface area contributed by atoms with Gasteiger partial charge in [-0.1, -0.05) is 44.5 Å². The van der Waals surface area contributed by atoms with Crippen molar-refractivity contribution in [1.82, 2.24) is 19.9 Å². The third-order valence-corrected chi connectivity index (χ3v) is 6.90. The normalized spacial score (nSPS) is 16.4. The van der Waals surface area contributed by atoms with Crippen molar-refractivity contribution in [3.05, 3.63) is 76.1 Å². The molecule has 0 amide bonds. The molecule has 2 atom stereocenters. The third kappa shape index (κ3) is 5.99. The minimum atomic E-state index is -0.519. The van der Waals surface area contributed by atoms with Crippen LogP contribution in [0.1, 0.15) is 50.3 Å². The number of pyridine rings is 1. The Balaban J connectivity index is 1.50. The fourth-order valence-electron chi connectivity index (χ4n) is 4.67. The Labute approximate surface area is 216 Å². The van der Waals surface area contributed by atoms with Crippen LogP contribution in [0.3, 0.4) is 0 Å². The van der Waals surface area contributed by atoms with Crippen LogP contribution in [0.2, 0.25) is 0 Å². The molecule has 0 bridgehead atoms. The monoisotopic (exact) mass is 503 g/mol. The van der Waals surface area contributed by atoms with Crippen LogP contribution in [-0.2, 0) is 7.05 Å². The molecular weight excluding hydrogens is 469 g/mol. The molecule has 2 aromatic heterocycles. The van der Waals surface area contributed by atoms with Crippen LogP contribution in [0.25, 0.3) is 11.3 Å². The SMILES string of the molecule is CCCC(=N)[C@@H](C)CC(=N)c1ccc([C@H]2CN(c3nc(-c4ccncc4F)cc(=O)n3C)CCN2)cc1. The summed E-state index contributed by atoms with van der Waals surface area (Å²) in [6.07, 6.45) is 4.89. The Morgan fingerprint density at radius 2 is 2.00 bits per heavy atom. The van der Waals surface area contributed by atoms with E-state index in [2.05, 4.69) is 22.2 Å². The molecule has 8 nitrogen and oxygen atoms in total. The van der Waals surface area contributed by atoms with Gasteiger partial charge >= 0.3 is 0 Å². The molecule has 4 rings (SSSR count). The number of benzene rings is 1. The number of hydrogen-bond acceptors (Lipinski definition) is 7. The molecular formula is C28H34FN7O. The van der Waals surface area contributed by atoms with Crippen LogP contribution < -0.4 is 15.8 Å². The summed E-state index contributed by atoms with van der Waals surface area (Å²) < 4.78 is 15.8. The number of piperazine rings is 1. The number of nitrogens with zero attached hydrogens (tertiary/aromatic N) is 4. The zero-order valence-electron chi connectivity index (χ0n) is 21.6. The van der Waals surface area contributed by atoms with E-state index in [1.165, 1.54) is 22.9 Å². The van der Waals surface area contributed by atoms with Crippen molar-refractivity contribution in [2.45, 2.75) is 39.2 Å². The molecule has 0 spiro atoms. The van der Waals surface area contributed by atoms with Crippen molar-refractivity contribution in [3.8, 4) is 11.3 Å². The van der Waals surface area contributed by atoms with E-state index in [0.29, 0.717) is 43.4 Å². The maximum absolute atomic E-state index is 14.3. The predicted molar refractivity (Wildman–Crippen MR) is 145 cm³/mol. The largest absolute Gasteiger partial charge is 0.339 e. The topological polar surface area (TPSA) is 111 Å². The first kappa shape index (κ1) is 26.3. The van der Waals surface area contributed by atoms with Crippen LogP contribution in [0.4, 0.5) is 10.3 Å². The van der Waals surface area contributed by atoms with Gasteiger partial charge in [-0.05, 0) is 36.0 Å². The number of hydrogen-bond donors (Lipinski definition) is 3. The zero-order chi connectivity index (χ0) is 26.5. The predicted octanol–water partition coefficient (Wildman–Crippen LogP) is 4.35. The molecule has 0 unspecified atom stereocenters. The lowest BCUT2D eigenvalue weighted by Crippen LogP contribution is -2.47. The van der Waals surface area contributed by atoms with E-state index in [0.717, 1.165) is 30.2 Å². The van der Waals surface area contributed by atoms with E-state index in [-0.39, 0.29) is 28.8 Å². The van der Waals surface area contributed by atoms with Crippen molar-refractivity contribution in [1.29, 1.82) is 10.8 Å². The first-order chi connectivity index (χ1) is 17.8. The number of rotatable bonds is 9. The fourth-order valence-corrected chi connectivity index (χ4v) is 4.67. The second kappa shape index (κ2) is 11.6. The van der Waals surface area contributed by atoms with Crippen molar-refractivity contribution >= 4 is 17.4 Å². The van der Waals surface area contributed by atoms with Gasteiger partial charge in [0.05, 0.1) is 11.9 Å². The van der Waals surface area contributed by atoms with Gasteiger partial charge in [0.25, 0.3) is 5.56 Å². The molecule has 1 fully saturated rings. The first-order valence-electron chi connectivity index (χ1n) is 12.7. The molecule has 3 heterocycles. The van der Waals surface area contributed by atoms with Crippen LogP contribution in [-0.4, -0.2) is 45.6 Å². The lowest BCUT2D eigenvalue weighted by Gasteiger charge is -2.35. The van der Waals surface area contributed by atoms with Gasteiger partial charge in [-0.3, -0.25) is 14.3 Å².